The van der Waals surface area contributed by atoms with Crippen LogP contribution in [-0.2, 0) is 0 Å². The Morgan fingerprint density at radius 1 is 0.507 bits per heavy atom. The molecule has 71 heavy (non-hydrogen) atoms. The molecule has 0 spiro atoms. The third-order valence-corrected chi connectivity index (χ3v) is 18.0. The van der Waals surface area contributed by atoms with Gasteiger partial charge in [-0.3, -0.25) is 0 Å². The van der Waals surface area contributed by atoms with E-state index in [0.717, 1.165) is 98.8 Å². The lowest BCUT2D eigenvalue weighted by Gasteiger charge is -2.28. The van der Waals surface area contributed by atoms with Crippen molar-refractivity contribution in [3.63, 3.8) is 0 Å². The normalized spacial score (nSPS) is 19.2. The molecule has 6 unspecified atom stereocenters. The predicted octanol–water partition coefficient (Wildman–Crippen LogP) is 15.7. The number of benzene rings is 6. The molecule has 2 saturated carbocycles. The molecule has 6 N–H and O–H groups in total. The van der Waals surface area contributed by atoms with Crippen LogP contribution in [0.4, 0.5) is 0 Å². The minimum Gasteiger partial charge on any atom is -0.508 e. The molecule has 11 heteroatoms. The first kappa shape index (κ1) is 48.9. The van der Waals surface area contributed by atoms with Crippen molar-refractivity contribution in [2.45, 2.75) is 100 Å². The first-order chi connectivity index (χ1) is 34.4. The second kappa shape index (κ2) is 21.6. The van der Waals surface area contributed by atoms with E-state index >= 15 is 0 Å². The van der Waals surface area contributed by atoms with Gasteiger partial charge in [0.2, 0.25) is 0 Å². The minimum atomic E-state index is -0.606. The van der Waals surface area contributed by atoms with E-state index in [1.54, 1.807) is 83.0 Å². The van der Waals surface area contributed by atoms with Crippen molar-refractivity contribution >= 4 is 54.6 Å². The van der Waals surface area contributed by atoms with E-state index in [1.165, 1.54) is 25.7 Å². The van der Waals surface area contributed by atoms with Crippen molar-refractivity contribution in [2.75, 3.05) is 13.2 Å². The molecule has 2 aliphatic rings. The van der Waals surface area contributed by atoms with Crippen LogP contribution in [0.2, 0.25) is 0 Å². The number of thiophene rings is 2. The van der Waals surface area contributed by atoms with Crippen molar-refractivity contribution in [1.29, 1.82) is 0 Å². The highest BCUT2D eigenvalue weighted by atomic mass is 32.2. The van der Waals surface area contributed by atoms with E-state index in [9.17, 15) is 30.6 Å². The van der Waals surface area contributed by atoms with Gasteiger partial charge in [-0.25, -0.2) is 0 Å². The second-order valence-electron chi connectivity index (χ2n) is 20.2. The zero-order valence-electron chi connectivity index (χ0n) is 40.2. The van der Waals surface area contributed by atoms with Crippen LogP contribution in [0.3, 0.4) is 0 Å². The van der Waals surface area contributed by atoms with Crippen molar-refractivity contribution < 1.29 is 40.1 Å². The summed E-state index contributed by atoms with van der Waals surface area (Å²) in [5.74, 6) is 4.21. The molecule has 368 valence electrons. The van der Waals surface area contributed by atoms with Crippen molar-refractivity contribution in [1.82, 2.24) is 0 Å². The lowest BCUT2D eigenvalue weighted by Crippen LogP contribution is -2.24. The van der Waals surface area contributed by atoms with Crippen LogP contribution in [0.25, 0.3) is 63.3 Å². The molecule has 0 radical (unpaired) electrons. The molecule has 0 aliphatic heterocycles. The topological polar surface area (TPSA) is 140 Å². The summed E-state index contributed by atoms with van der Waals surface area (Å²) in [4.78, 5) is 3.77. The van der Waals surface area contributed by atoms with Crippen molar-refractivity contribution in [3.8, 4) is 77.6 Å². The maximum Gasteiger partial charge on any atom is 0.120 e. The average molecular weight is 1010 g/mol. The molecule has 2 fully saturated rings. The van der Waals surface area contributed by atoms with Crippen LogP contribution in [0.5, 0.6) is 34.5 Å². The number of phenols is 4. The smallest absolute Gasteiger partial charge is 0.120 e. The Bertz CT molecular complexity index is 2910. The van der Waals surface area contributed by atoms with Crippen LogP contribution < -0.4 is 9.47 Å². The zero-order chi connectivity index (χ0) is 49.2. The molecule has 6 atom stereocenters. The van der Waals surface area contributed by atoms with Crippen LogP contribution in [0.1, 0.15) is 78.1 Å². The van der Waals surface area contributed by atoms with E-state index in [0.29, 0.717) is 48.0 Å². The fourth-order valence-corrected chi connectivity index (χ4v) is 14.6. The van der Waals surface area contributed by atoms with Gasteiger partial charge in [0.1, 0.15) is 47.7 Å². The predicted molar refractivity (Wildman–Crippen MR) is 291 cm³/mol. The third kappa shape index (κ3) is 11.4. The molecule has 0 saturated heterocycles. The SMILES string of the molecule is CC1CCCC(CC(O)COc2ccc(Sc3ccc(OCC(O)CC4CCCC(C)C4)cc3-c3c(-c4ccc(O)cc4)sc4cc(O)ccc34)c(-c3c(-c4ccc(O)cc4)sc4cc(O)ccc34)c2)C1. The molecule has 0 bridgehead atoms. The third-order valence-electron chi connectivity index (χ3n) is 14.5. The largest absolute Gasteiger partial charge is 0.508 e. The number of aliphatic hydroxyl groups excluding tert-OH is 2. The van der Waals surface area contributed by atoms with E-state index in [4.69, 9.17) is 9.47 Å². The summed E-state index contributed by atoms with van der Waals surface area (Å²) in [5.41, 5.74) is 5.51. The molecular weight excluding hydrogens is 945 g/mol. The first-order valence-electron chi connectivity index (χ1n) is 25.1. The zero-order valence-corrected chi connectivity index (χ0v) is 42.7. The average Bonchev–Trinajstić information content (AvgIpc) is 3.92. The fourth-order valence-electron chi connectivity index (χ4n) is 11.1. The minimum absolute atomic E-state index is 0.165. The fraction of sp³-hybridized carbons (Fsp3) is 0.333. The van der Waals surface area contributed by atoms with Gasteiger partial charge in [0.25, 0.3) is 0 Å². The van der Waals surface area contributed by atoms with E-state index in [-0.39, 0.29) is 36.2 Å². The van der Waals surface area contributed by atoms with E-state index < -0.39 is 12.2 Å². The first-order valence-corrected chi connectivity index (χ1v) is 27.5. The molecule has 8 nitrogen and oxygen atoms in total. The summed E-state index contributed by atoms with van der Waals surface area (Å²) in [6, 6.07) is 37.5. The summed E-state index contributed by atoms with van der Waals surface area (Å²) in [6.07, 6.45) is 9.62. The molecule has 8 aromatic rings. The Balaban J connectivity index is 1.09. The Labute approximate surface area is 428 Å². The summed E-state index contributed by atoms with van der Waals surface area (Å²) in [5, 5.41) is 66.7. The maximum atomic E-state index is 11.3. The number of aliphatic hydroxyl groups is 2. The monoisotopic (exact) mass is 1010 g/mol. The Morgan fingerprint density at radius 3 is 1.32 bits per heavy atom. The van der Waals surface area contributed by atoms with Crippen LogP contribution >= 0.6 is 34.4 Å². The van der Waals surface area contributed by atoms with Crippen LogP contribution in [-0.4, -0.2) is 56.1 Å². The highest BCUT2D eigenvalue weighted by Crippen LogP contribution is 2.54. The molecular formula is C60H62O8S3. The lowest BCUT2D eigenvalue weighted by atomic mass is 9.80. The second-order valence-corrected chi connectivity index (χ2v) is 23.3. The summed E-state index contributed by atoms with van der Waals surface area (Å²) >= 11 is 4.75. The quantitative estimate of drug-likeness (QED) is 0.0558. The number of hydrogen-bond donors (Lipinski definition) is 6. The van der Waals surface area contributed by atoms with Crippen LogP contribution in [0.15, 0.2) is 131 Å². The van der Waals surface area contributed by atoms with Gasteiger partial charge in [0.05, 0.1) is 12.2 Å². The Kier molecular flexibility index (Phi) is 14.9. The van der Waals surface area contributed by atoms with Gasteiger partial charge in [-0.2, -0.15) is 0 Å². The molecule has 2 heterocycles. The van der Waals surface area contributed by atoms with Gasteiger partial charge in [-0.1, -0.05) is 64.1 Å². The lowest BCUT2D eigenvalue weighted by molar-refractivity contribution is 0.0736. The van der Waals surface area contributed by atoms with Gasteiger partial charge >= 0.3 is 0 Å². The van der Waals surface area contributed by atoms with Crippen LogP contribution in [0, 0.1) is 23.7 Å². The molecule has 6 aromatic carbocycles. The van der Waals surface area contributed by atoms with Crippen molar-refractivity contribution in [3.05, 3.63) is 121 Å². The number of rotatable bonds is 16. The molecule has 2 aromatic heterocycles. The maximum absolute atomic E-state index is 11.3. The van der Waals surface area contributed by atoms with Gasteiger partial charge in [0, 0.05) is 62.0 Å². The highest BCUT2D eigenvalue weighted by Gasteiger charge is 2.27. The highest BCUT2D eigenvalue weighted by molar-refractivity contribution is 7.99. The van der Waals surface area contributed by atoms with Gasteiger partial charge in [0.15, 0.2) is 0 Å². The Hall–Kier alpha value is -5.69. The van der Waals surface area contributed by atoms with E-state index in [1.807, 2.05) is 48.5 Å². The number of hydrogen-bond acceptors (Lipinski definition) is 11. The molecule has 10 rings (SSSR count). The van der Waals surface area contributed by atoms with E-state index in [2.05, 4.69) is 38.1 Å². The van der Waals surface area contributed by atoms with Gasteiger partial charge in [-0.05, 0) is 182 Å². The molecule has 2 aliphatic carbocycles. The van der Waals surface area contributed by atoms with Crippen molar-refractivity contribution in [2.24, 2.45) is 23.7 Å². The van der Waals surface area contributed by atoms with Gasteiger partial charge < -0.3 is 40.1 Å². The van der Waals surface area contributed by atoms with Gasteiger partial charge in [-0.15, -0.1) is 22.7 Å². The number of fused-ring (bicyclic) bond motifs is 2. The standard InChI is InChI=1S/C60H62O8S3/c1-35-5-3-7-37(25-35)27-45(65)33-67-47-19-23-53(51(31-47)57-49-21-17-43(63)29-55(49)70-59(57)39-9-13-41(61)14-10-39)69-54-24-20-48(68-34-46(66)28-38-8-4-6-36(2)26-38)32-52(54)58-50-22-18-44(64)30-56(50)71-60(58)40-11-15-42(62)16-12-40/h9-24,29-32,35-38,45-46,61-66H,3-8,25-28,33-34H2,1-2H3. The summed E-state index contributed by atoms with van der Waals surface area (Å²) in [7, 11) is 0. The number of aromatic hydroxyl groups is 4. The molecule has 0 amide bonds. The summed E-state index contributed by atoms with van der Waals surface area (Å²) in [6.45, 7) is 4.94. The Morgan fingerprint density at radius 2 is 0.915 bits per heavy atom. The number of phenolic OH excluding ortho intramolecular Hbond substituents is 4. The number of ether oxygens (including phenoxy) is 2. The summed E-state index contributed by atoms with van der Waals surface area (Å²) < 4.78 is 14.8.